The smallest absolute Gasteiger partial charge is 0.131 e. The first kappa shape index (κ1) is 20.3. The molecule has 2 nitrogen and oxygen atoms in total. The van der Waals surface area contributed by atoms with Crippen LogP contribution in [0.2, 0.25) is 0 Å². The Morgan fingerprint density at radius 1 is 0.516 bits per heavy atom. The highest BCUT2D eigenvalue weighted by Gasteiger charge is 2.36. The molecule has 0 saturated carbocycles. The summed E-state index contributed by atoms with van der Waals surface area (Å²) in [7, 11) is -4.11. The minimum Gasteiger partial charge on any atom is -0.317 e. The molecule has 31 heavy (non-hydrogen) atoms. The van der Waals surface area contributed by atoms with Gasteiger partial charge >= 0.3 is 0 Å². The van der Waals surface area contributed by atoms with E-state index in [1.807, 2.05) is 72.8 Å². The molecule has 2 unspecified atom stereocenters. The third-order valence-electron chi connectivity index (χ3n) is 6.27. The molecule has 4 heteroatoms. The van der Waals surface area contributed by atoms with Crippen molar-refractivity contribution in [1.82, 2.24) is 0 Å². The molecule has 5 rings (SSSR count). The van der Waals surface area contributed by atoms with Crippen LogP contribution in [0.4, 0.5) is 0 Å². The van der Waals surface area contributed by atoms with Gasteiger partial charge in [-0.3, -0.25) is 0 Å². The second-order valence-corrected chi connectivity index (χ2v) is 12.2. The maximum absolute atomic E-state index is 13.2. The van der Waals surface area contributed by atoms with Gasteiger partial charge in [-0.25, -0.2) is 0 Å². The van der Waals surface area contributed by atoms with E-state index in [2.05, 4.69) is 38.1 Å². The van der Waals surface area contributed by atoms with Crippen molar-refractivity contribution >= 4 is 36.8 Å². The minimum atomic E-state index is -2.05. The van der Waals surface area contributed by atoms with Crippen molar-refractivity contribution in [2.45, 2.75) is 19.3 Å². The van der Waals surface area contributed by atoms with Gasteiger partial charge in [0, 0.05) is 26.6 Å². The molecule has 0 fully saturated rings. The van der Waals surface area contributed by atoms with Gasteiger partial charge in [0.1, 0.15) is 15.6 Å². The maximum Gasteiger partial charge on any atom is 0.131 e. The Hall–Kier alpha value is -2.66. The van der Waals surface area contributed by atoms with Gasteiger partial charge in [0.2, 0.25) is 0 Å². The van der Waals surface area contributed by atoms with Gasteiger partial charge in [-0.15, -0.1) is 0 Å². The van der Waals surface area contributed by atoms with E-state index < -0.39 is 15.6 Å². The van der Waals surface area contributed by atoms with Crippen LogP contribution < -0.4 is 21.2 Å². The number of hydrogen-bond acceptors (Lipinski definition) is 2. The fourth-order valence-corrected chi connectivity index (χ4v) is 7.21. The van der Waals surface area contributed by atoms with Crippen LogP contribution in [0.3, 0.4) is 0 Å². The molecule has 0 saturated heterocycles. The topological polar surface area (TPSA) is 34.1 Å². The summed E-state index contributed by atoms with van der Waals surface area (Å²) in [5.41, 5.74) is 4.49. The highest BCUT2D eigenvalue weighted by molar-refractivity contribution is 7.61. The molecule has 0 amide bonds. The number of benzene rings is 4. The molecule has 0 spiro atoms. The minimum absolute atomic E-state index is 0.242. The average molecular weight is 442 g/mol. The normalized spacial score (nSPS) is 15.7. The van der Waals surface area contributed by atoms with E-state index in [-0.39, 0.29) is 5.41 Å². The summed E-state index contributed by atoms with van der Waals surface area (Å²) in [6.07, 6.45) is 0. The summed E-state index contributed by atoms with van der Waals surface area (Å²) in [5, 5.41) is 3.52. The average Bonchev–Trinajstić information content (AvgIpc) is 3.05. The summed E-state index contributed by atoms with van der Waals surface area (Å²) in [6.45, 7) is 4.40. The predicted molar refractivity (Wildman–Crippen MR) is 133 cm³/mol. The molecular formula is C27H24O2P2. The van der Waals surface area contributed by atoms with Crippen molar-refractivity contribution in [1.29, 1.82) is 0 Å². The first-order chi connectivity index (χ1) is 15.0. The van der Waals surface area contributed by atoms with Crippen LogP contribution >= 0.6 is 15.6 Å². The van der Waals surface area contributed by atoms with E-state index in [9.17, 15) is 9.13 Å². The lowest BCUT2D eigenvalue weighted by molar-refractivity contribution is 0.597. The van der Waals surface area contributed by atoms with Crippen LogP contribution in [0, 0.1) is 0 Å². The second-order valence-electron chi connectivity index (χ2n) is 8.54. The van der Waals surface area contributed by atoms with Crippen molar-refractivity contribution in [3.05, 3.63) is 108 Å². The summed E-state index contributed by atoms with van der Waals surface area (Å²) in [6, 6.07) is 31.8. The molecule has 0 aliphatic heterocycles. The van der Waals surface area contributed by atoms with Gasteiger partial charge in [0.25, 0.3) is 0 Å². The molecule has 0 N–H and O–H groups in total. The maximum atomic E-state index is 13.2. The molecule has 2 atom stereocenters. The van der Waals surface area contributed by atoms with Gasteiger partial charge in [-0.1, -0.05) is 98.8 Å². The van der Waals surface area contributed by atoms with Crippen molar-refractivity contribution in [3.63, 3.8) is 0 Å². The van der Waals surface area contributed by atoms with E-state index in [0.717, 1.165) is 21.2 Å². The first-order valence-electron chi connectivity index (χ1n) is 10.5. The predicted octanol–water partition coefficient (Wildman–Crippen LogP) is 5.01. The lowest BCUT2D eigenvalue weighted by Crippen LogP contribution is -2.19. The van der Waals surface area contributed by atoms with Crippen LogP contribution in [0.15, 0.2) is 97.1 Å². The highest BCUT2D eigenvalue weighted by atomic mass is 31.1. The number of fused-ring (bicyclic) bond motifs is 3. The molecule has 1 aliphatic carbocycles. The summed E-state index contributed by atoms with van der Waals surface area (Å²) in [4.78, 5) is 0. The van der Waals surface area contributed by atoms with Gasteiger partial charge in [-0.05, 0) is 34.4 Å². The molecular weight excluding hydrogens is 418 g/mol. The van der Waals surface area contributed by atoms with Gasteiger partial charge < -0.3 is 9.13 Å². The molecule has 154 valence electrons. The Morgan fingerprint density at radius 2 is 0.903 bits per heavy atom. The standard InChI is InChI=1S/C27H24O2P2/c1-27(2)25-17-21(30(28)19-9-5-3-6-10-19)13-15-23(25)24-16-14-22(18-26(24)27)31(29)20-11-7-4-8-12-20/h3-18,30-31H,1-2H3. The fraction of sp³-hybridized carbons (Fsp3) is 0.111. The first-order valence-corrected chi connectivity index (χ1v) is 13.3. The lowest BCUT2D eigenvalue weighted by Gasteiger charge is -2.22. The van der Waals surface area contributed by atoms with Crippen LogP contribution in [0.1, 0.15) is 25.0 Å². The van der Waals surface area contributed by atoms with Gasteiger partial charge in [-0.2, -0.15) is 0 Å². The molecule has 4 aromatic rings. The van der Waals surface area contributed by atoms with Crippen LogP contribution in [-0.2, 0) is 14.5 Å². The number of rotatable bonds is 4. The van der Waals surface area contributed by atoms with Gasteiger partial charge in [0.05, 0.1) is 0 Å². The third-order valence-corrected chi connectivity index (χ3v) is 9.66. The summed E-state index contributed by atoms with van der Waals surface area (Å²) in [5.74, 6) is 0. The quantitative estimate of drug-likeness (QED) is 0.416. The molecule has 0 bridgehead atoms. The Labute approximate surface area is 184 Å². The molecule has 4 aromatic carbocycles. The Morgan fingerprint density at radius 3 is 1.29 bits per heavy atom. The van der Waals surface area contributed by atoms with Crippen molar-refractivity contribution in [2.24, 2.45) is 0 Å². The van der Waals surface area contributed by atoms with Gasteiger partial charge in [0.15, 0.2) is 0 Å². The van der Waals surface area contributed by atoms with E-state index in [1.54, 1.807) is 0 Å². The third kappa shape index (κ3) is 3.45. The Balaban J connectivity index is 1.56. The Kier molecular flexibility index (Phi) is 5.09. The van der Waals surface area contributed by atoms with E-state index in [4.69, 9.17) is 0 Å². The zero-order valence-electron chi connectivity index (χ0n) is 17.6. The summed E-state index contributed by atoms with van der Waals surface area (Å²) >= 11 is 0. The molecule has 0 heterocycles. The molecule has 0 radical (unpaired) electrons. The monoisotopic (exact) mass is 442 g/mol. The van der Waals surface area contributed by atoms with Crippen molar-refractivity contribution in [3.8, 4) is 11.1 Å². The zero-order valence-corrected chi connectivity index (χ0v) is 19.6. The largest absolute Gasteiger partial charge is 0.317 e. The summed E-state index contributed by atoms with van der Waals surface area (Å²) < 4.78 is 26.4. The Bertz CT molecular complexity index is 1220. The van der Waals surface area contributed by atoms with E-state index in [1.165, 1.54) is 22.3 Å². The SMILES string of the molecule is CC1(C)c2cc([PH](=O)c3ccccc3)ccc2-c2ccc([PH](=O)c3ccccc3)cc21. The van der Waals surface area contributed by atoms with Crippen LogP contribution in [-0.4, -0.2) is 0 Å². The van der Waals surface area contributed by atoms with Crippen LogP contribution in [0.5, 0.6) is 0 Å². The molecule has 1 aliphatic rings. The van der Waals surface area contributed by atoms with Crippen LogP contribution in [0.25, 0.3) is 11.1 Å². The van der Waals surface area contributed by atoms with Crippen molar-refractivity contribution in [2.75, 3.05) is 0 Å². The highest BCUT2D eigenvalue weighted by Crippen LogP contribution is 2.48. The van der Waals surface area contributed by atoms with Crippen molar-refractivity contribution < 1.29 is 9.13 Å². The fourth-order valence-electron chi connectivity index (χ4n) is 4.53. The lowest BCUT2D eigenvalue weighted by atomic mass is 9.82. The number of hydrogen-bond donors (Lipinski definition) is 0. The zero-order chi connectivity index (χ0) is 21.6. The molecule has 0 aromatic heterocycles. The van der Waals surface area contributed by atoms with E-state index >= 15 is 0 Å². The second kappa shape index (κ2) is 7.79. The van der Waals surface area contributed by atoms with E-state index in [0.29, 0.717) is 0 Å².